The monoisotopic (exact) mass is 339 g/mol. The Morgan fingerprint density at radius 2 is 2.35 bits per heavy atom. The molecule has 0 bridgehead atoms. The van der Waals surface area contributed by atoms with E-state index in [1.807, 2.05) is 13.8 Å². The van der Waals surface area contributed by atoms with Crippen molar-refractivity contribution in [3.8, 4) is 11.6 Å². The molecule has 0 radical (unpaired) electrons. The van der Waals surface area contributed by atoms with Crippen LogP contribution in [0.2, 0.25) is 0 Å². The predicted octanol–water partition coefficient (Wildman–Crippen LogP) is 1.28. The SMILES string of the molecule is CC(C)OCCCNC(=O)CSc1nnc(-c2ccco2)n1N. The number of nitrogens with one attached hydrogen (secondary N) is 1. The van der Waals surface area contributed by atoms with Crippen LogP contribution in [0.25, 0.3) is 11.6 Å². The molecule has 9 heteroatoms. The highest BCUT2D eigenvalue weighted by Crippen LogP contribution is 2.21. The largest absolute Gasteiger partial charge is 0.461 e. The number of ether oxygens (including phenoxy) is 1. The zero-order valence-corrected chi connectivity index (χ0v) is 14.0. The molecule has 0 atom stereocenters. The van der Waals surface area contributed by atoms with Crippen molar-refractivity contribution < 1.29 is 13.9 Å². The topological polar surface area (TPSA) is 108 Å². The van der Waals surface area contributed by atoms with Gasteiger partial charge in [-0.1, -0.05) is 11.8 Å². The number of carbonyl (C=O) groups is 1. The van der Waals surface area contributed by atoms with Crippen molar-refractivity contribution in [2.24, 2.45) is 0 Å². The normalized spacial score (nSPS) is 11.1. The van der Waals surface area contributed by atoms with E-state index in [0.29, 0.717) is 29.9 Å². The molecule has 126 valence electrons. The van der Waals surface area contributed by atoms with Gasteiger partial charge in [0.05, 0.1) is 18.1 Å². The van der Waals surface area contributed by atoms with Crippen LogP contribution in [0.3, 0.4) is 0 Å². The first-order valence-corrected chi connectivity index (χ1v) is 8.32. The minimum Gasteiger partial charge on any atom is -0.461 e. The van der Waals surface area contributed by atoms with E-state index in [-0.39, 0.29) is 17.8 Å². The molecule has 3 N–H and O–H groups in total. The third-order valence-corrected chi connectivity index (χ3v) is 3.78. The van der Waals surface area contributed by atoms with Crippen LogP contribution in [-0.2, 0) is 9.53 Å². The third kappa shape index (κ3) is 5.29. The number of rotatable bonds is 9. The maximum absolute atomic E-state index is 11.8. The Labute approximate surface area is 138 Å². The van der Waals surface area contributed by atoms with Crippen molar-refractivity contribution in [1.82, 2.24) is 20.2 Å². The molecule has 8 nitrogen and oxygen atoms in total. The van der Waals surface area contributed by atoms with Crippen LogP contribution in [0, 0.1) is 0 Å². The minimum atomic E-state index is -0.0814. The lowest BCUT2D eigenvalue weighted by Gasteiger charge is -2.08. The smallest absolute Gasteiger partial charge is 0.230 e. The molecule has 2 rings (SSSR count). The molecule has 2 aromatic heterocycles. The van der Waals surface area contributed by atoms with E-state index < -0.39 is 0 Å². The maximum Gasteiger partial charge on any atom is 0.230 e. The molecule has 2 aromatic rings. The van der Waals surface area contributed by atoms with Gasteiger partial charge in [-0.05, 0) is 32.4 Å². The van der Waals surface area contributed by atoms with Crippen LogP contribution in [0.5, 0.6) is 0 Å². The average Bonchev–Trinajstić information content (AvgIpc) is 3.14. The molecule has 0 saturated heterocycles. The van der Waals surface area contributed by atoms with Crippen LogP contribution in [-0.4, -0.2) is 45.8 Å². The molecule has 0 aliphatic carbocycles. The van der Waals surface area contributed by atoms with Crippen molar-refractivity contribution in [2.75, 3.05) is 24.7 Å². The molecule has 0 fully saturated rings. The van der Waals surface area contributed by atoms with Gasteiger partial charge in [-0.3, -0.25) is 4.79 Å². The first-order chi connectivity index (χ1) is 11.1. The summed E-state index contributed by atoms with van der Waals surface area (Å²) in [4.78, 5) is 11.8. The molecular formula is C14H21N5O3S. The second-order valence-corrected chi connectivity index (χ2v) is 6.01. The summed E-state index contributed by atoms with van der Waals surface area (Å²) in [6, 6.07) is 3.49. The van der Waals surface area contributed by atoms with Gasteiger partial charge in [0.1, 0.15) is 0 Å². The molecule has 1 amide bonds. The Morgan fingerprint density at radius 1 is 1.52 bits per heavy atom. The van der Waals surface area contributed by atoms with Crippen LogP contribution < -0.4 is 11.2 Å². The van der Waals surface area contributed by atoms with E-state index in [0.717, 1.165) is 6.42 Å². The summed E-state index contributed by atoms with van der Waals surface area (Å²) in [6.07, 6.45) is 2.53. The fourth-order valence-electron chi connectivity index (χ4n) is 1.75. The summed E-state index contributed by atoms with van der Waals surface area (Å²) >= 11 is 1.22. The summed E-state index contributed by atoms with van der Waals surface area (Å²) in [7, 11) is 0. The van der Waals surface area contributed by atoms with E-state index in [4.69, 9.17) is 15.0 Å². The van der Waals surface area contributed by atoms with Gasteiger partial charge in [-0.2, -0.15) is 0 Å². The number of furan rings is 1. The fourth-order valence-corrected chi connectivity index (χ4v) is 2.44. The van der Waals surface area contributed by atoms with Gasteiger partial charge in [0.25, 0.3) is 0 Å². The van der Waals surface area contributed by atoms with Gasteiger partial charge in [0.15, 0.2) is 5.76 Å². The Hall–Kier alpha value is -2.00. The van der Waals surface area contributed by atoms with Crippen molar-refractivity contribution in [2.45, 2.75) is 31.5 Å². The molecule has 0 aromatic carbocycles. The molecule has 0 saturated carbocycles. The number of hydrogen-bond donors (Lipinski definition) is 2. The highest BCUT2D eigenvalue weighted by Gasteiger charge is 2.15. The second kappa shape index (κ2) is 8.59. The van der Waals surface area contributed by atoms with Gasteiger partial charge < -0.3 is 20.3 Å². The first kappa shape index (κ1) is 17.4. The minimum absolute atomic E-state index is 0.0814. The van der Waals surface area contributed by atoms with Crippen molar-refractivity contribution >= 4 is 17.7 Å². The lowest BCUT2D eigenvalue weighted by Crippen LogP contribution is -2.27. The number of carbonyl (C=O) groups excluding carboxylic acids is 1. The summed E-state index contributed by atoms with van der Waals surface area (Å²) in [6.45, 7) is 5.18. The Balaban J connectivity index is 1.73. The highest BCUT2D eigenvalue weighted by molar-refractivity contribution is 7.99. The van der Waals surface area contributed by atoms with Gasteiger partial charge in [0, 0.05) is 13.2 Å². The zero-order valence-electron chi connectivity index (χ0n) is 13.2. The summed E-state index contributed by atoms with van der Waals surface area (Å²) in [5.74, 6) is 7.00. The number of amides is 1. The highest BCUT2D eigenvalue weighted by atomic mass is 32.2. The summed E-state index contributed by atoms with van der Waals surface area (Å²) < 4.78 is 11.9. The maximum atomic E-state index is 11.8. The van der Waals surface area contributed by atoms with Gasteiger partial charge in [0.2, 0.25) is 16.9 Å². The van der Waals surface area contributed by atoms with Crippen molar-refractivity contribution in [1.29, 1.82) is 0 Å². The number of aromatic nitrogens is 3. The lowest BCUT2D eigenvalue weighted by molar-refractivity contribution is -0.118. The Morgan fingerprint density at radius 3 is 3.04 bits per heavy atom. The Kier molecular flexibility index (Phi) is 6.48. The van der Waals surface area contributed by atoms with Gasteiger partial charge >= 0.3 is 0 Å². The number of thioether (sulfide) groups is 1. The number of nitrogens with zero attached hydrogens (tertiary/aromatic N) is 3. The third-order valence-electron chi connectivity index (χ3n) is 2.83. The van der Waals surface area contributed by atoms with E-state index in [2.05, 4.69) is 15.5 Å². The van der Waals surface area contributed by atoms with E-state index in [1.54, 1.807) is 12.1 Å². The summed E-state index contributed by atoms with van der Waals surface area (Å²) in [5, 5.41) is 11.2. The number of hydrogen-bond acceptors (Lipinski definition) is 7. The zero-order chi connectivity index (χ0) is 16.7. The molecule has 0 spiro atoms. The average molecular weight is 339 g/mol. The van der Waals surface area contributed by atoms with E-state index in [1.165, 1.54) is 22.7 Å². The number of nitrogens with two attached hydrogens (primary N) is 1. The van der Waals surface area contributed by atoms with Crippen molar-refractivity contribution in [3.05, 3.63) is 18.4 Å². The molecular weight excluding hydrogens is 318 g/mol. The lowest BCUT2D eigenvalue weighted by atomic mass is 10.4. The summed E-state index contributed by atoms with van der Waals surface area (Å²) in [5.41, 5.74) is 0. The molecule has 0 aliphatic rings. The predicted molar refractivity (Wildman–Crippen MR) is 87.3 cm³/mol. The fraction of sp³-hybridized carbons (Fsp3) is 0.500. The molecule has 0 aliphatic heterocycles. The van der Waals surface area contributed by atoms with Gasteiger partial charge in [-0.25, -0.2) is 4.68 Å². The first-order valence-electron chi connectivity index (χ1n) is 7.33. The molecule has 23 heavy (non-hydrogen) atoms. The van der Waals surface area contributed by atoms with Gasteiger partial charge in [-0.15, -0.1) is 10.2 Å². The van der Waals surface area contributed by atoms with E-state index in [9.17, 15) is 4.79 Å². The van der Waals surface area contributed by atoms with Crippen LogP contribution in [0.4, 0.5) is 0 Å². The van der Waals surface area contributed by atoms with E-state index >= 15 is 0 Å². The standard InChI is InChI=1S/C14H21N5O3S/c1-10(2)21-8-4-6-16-12(20)9-23-14-18-17-13(19(14)15)11-5-3-7-22-11/h3,5,7,10H,4,6,8-9,15H2,1-2H3,(H,16,20). The van der Waals surface area contributed by atoms with Crippen LogP contribution >= 0.6 is 11.8 Å². The van der Waals surface area contributed by atoms with Crippen LogP contribution in [0.1, 0.15) is 20.3 Å². The Bertz CT molecular complexity index is 612. The van der Waals surface area contributed by atoms with Crippen LogP contribution in [0.15, 0.2) is 28.0 Å². The quantitative estimate of drug-likeness (QED) is 0.402. The molecule has 2 heterocycles. The number of nitrogen functional groups attached to an aromatic ring is 1. The molecule has 0 unspecified atom stereocenters. The van der Waals surface area contributed by atoms with Crippen molar-refractivity contribution in [3.63, 3.8) is 0 Å². The second-order valence-electron chi connectivity index (χ2n) is 5.07.